The highest BCUT2D eigenvalue weighted by molar-refractivity contribution is 6.31. The molecule has 3 N–H and O–H groups in total. The number of aryl methyl sites for hydroxylation is 1. The van der Waals surface area contributed by atoms with Crippen molar-refractivity contribution in [1.29, 1.82) is 0 Å². The number of halogens is 1. The summed E-state index contributed by atoms with van der Waals surface area (Å²) in [5.41, 5.74) is 2.55. The standard InChI is InChI=1S/C29H26ClN3O4/c1-16-13-19(30)15-21-25(16)31-28(37)29(21)24-23(22(32-29)14-18-7-9-20(34)10-8-18)26(35)33(27(24)36)12-11-17-5-3-2-4-6-17/h2-10,13,15,22-24,32,34H,11-12,14H2,1H3,(H,31,37)/t22-,23+,24-,29+/m0/s1. The first kappa shape index (κ1) is 23.7. The molecule has 3 heterocycles. The van der Waals surface area contributed by atoms with Crippen LogP contribution in [0, 0.1) is 18.8 Å². The minimum atomic E-state index is -1.40. The van der Waals surface area contributed by atoms with Gasteiger partial charge in [-0.1, -0.05) is 54.1 Å². The molecule has 6 rings (SSSR count). The number of amides is 3. The van der Waals surface area contributed by atoms with Gasteiger partial charge in [0.25, 0.3) is 0 Å². The van der Waals surface area contributed by atoms with Gasteiger partial charge in [0, 0.05) is 28.9 Å². The molecule has 1 spiro atoms. The highest BCUT2D eigenvalue weighted by Gasteiger charge is 2.70. The monoisotopic (exact) mass is 515 g/mol. The molecule has 0 unspecified atom stereocenters. The van der Waals surface area contributed by atoms with Crippen LogP contribution < -0.4 is 10.6 Å². The Morgan fingerprint density at radius 3 is 2.43 bits per heavy atom. The highest BCUT2D eigenvalue weighted by atomic mass is 35.5. The van der Waals surface area contributed by atoms with Crippen LogP contribution in [-0.2, 0) is 32.8 Å². The highest BCUT2D eigenvalue weighted by Crippen LogP contribution is 2.54. The normalized spacial score (nSPS) is 26.1. The largest absolute Gasteiger partial charge is 0.508 e. The maximum absolute atomic E-state index is 14.0. The lowest BCUT2D eigenvalue weighted by atomic mass is 9.76. The Kier molecular flexibility index (Phi) is 5.58. The maximum Gasteiger partial charge on any atom is 0.250 e. The van der Waals surface area contributed by atoms with E-state index in [9.17, 15) is 19.5 Å². The quantitative estimate of drug-likeness (QED) is 0.451. The van der Waals surface area contributed by atoms with Crippen molar-refractivity contribution in [3.05, 3.63) is 94.0 Å². The van der Waals surface area contributed by atoms with Gasteiger partial charge in [-0.15, -0.1) is 0 Å². The van der Waals surface area contributed by atoms with Crippen molar-refractivity contribution in [3.8, 4) is 5.75 Å². The van der Waals surface area contributed by atoms with Gasteiger partial charge in [-0.2, -0.15) is 0 Å². The van der Waals surface area contributed by atoms with E-state index in [2.05, 4.69) is 10.6 Å². The number of anilines is 1. The second-order valence-electron chi connectivity index (χ2n) is 10.1. The summed E-state index contributed by atoms with van der Waals surface area (Å²) in [4.78, 5) is 42.8. The Labute approximate surface area is 219 Å². The summed E-state index contributed by atoms with van der Waals surface area (Å²) in [6.07, 6.45) is 0.950. The minimum Gasteiger partial charge on any atom is -0.508 e. The lowest BCUT2D eigenvalue weighted by molar-refractivity contribution is -0.142. The smallest absolute Gasteiger partial charge is 0.250 e. The van der Waals surface area contributed by atoms with E-state index >= 15 is 0 Å². The van der Waals surface area contributed by atoms with Crippen molar-refractivity contribution < 1.29 is 19.5 Å². The molecular formula is C29H26ClN3O4. The average Bonchev–Trinajstić information content (AvgIpc) is 3.45. The third-order valence-electron chi connectivity index (χ3n) is 7.94. The van der Waals surface area contributed by atoms with E-state index in [0.29, 0.717) is 29.1 Å². The van der Waals surface area contributed by atoms with Gasteiger partial charge in [0.2, 0.25) is 17.7 Å². The molecular weight excluding hydrogens is 490 g/mol. The number of hydrogen-bond acceptors (Lipinski definition) is 5. The van der Waals surface area contributed by atoms with Crippen LogP contribution in [0.1, 0.15) is 22.3 Å². The second kappa shape index (κ2) is 8.71. The molecule has 0 aliphatic carbocycles. The van der Waals surface area contributed by atoms with E-state index < -0.39 is 23.4 Å². The van der Waals surface area contributed by atoms with E-state index in [4.69, 9.17) is 11.6 Å². The first-order chi connectivity index (χ1) is 17.8. The van der Waals surface area contributed by atoms with E-state index in [1.165, 1.54) is 4.90 Å². The Morgan fingerprint density at radius 2 is 1.70 bits per heavy atom. The zero-order valence-corrected chi connectivity index (χ0v) is 21.0. The van der Waals surface area contributed by atoms with Crippen molar-refractivity contribution in [1.82, 2.24) is 10.2 Å². The number of aromatic hydroxyl groups is 1. The summed E-state index contributed by atoms with van der Waals surface area (Å²) in [5, 5.41) is 16.6. The van der Waals surface area contributed by atoms with Crippen LogP contribution in [0.25, 0.3) is 0 Å². The van der Waals surface area contributed by atoms with Gasteiger partial charge in [0.15, 0.2) is 0 Å². The van der Waals surface area contributed by atoms with Gasteiger partial charge in [-0.05, 0) is 60.7 Å². The van der Waals surface area contributed by atoms with Crippen molar-refractivity contribution >= 4 is 35.0 Å². The average molecular weight is 516 g/mol. The number of phenols is 1. The molecule has 3 aliphatic heterocycles. The Bertz CT molecular complexity index is 1430. The molecule has 0 aromatic heterocycles. The molecule has 2 fully saturated rings. The van der Waals surface area contributed by atoms with Crippen LogP contribution >= 0.6 is 11.6 Å². The summed E-state index contributed by atoms with van der Waals surface area (Å²) < 4.78 is 0. The van der Waals surface area contributed by atoms with E-state index in [1.807, 2.05) is 37.3 Å². The molecule has 7 nitrogen and oxygen atoms in total. The molecule has 188 valence electrons. The topological polar surface area (TPSA) is 98.7 Å². The number of nitrogens with one attached hydrogen (secondary N) is 2. The SMILES string of the molecule is Cc1cc(Cl)cc2c1NC(=O)[C@@]21N[C@@H](Cc2ccc(O)cc2)[C@H]2C(=O)N(CCc3ccccc3)C(=O)[C@H]21. The summed E-state index contributed by atoms with van der Waals surface area (Å²) in [6.45, 7) is 2.11. The molecule has 37 heavy (non-hydrogen) atoms. The Morgan fingerprint density at radius 1 is 0.973 bits per heavy atom. The maximum atomic E-state index is 14.0. The molecule has 3 aromatic rings. The zero-order chi connectivity index (χ0) is 25.9. The number of fused-ring (bicyclic) bond motifs is 4. The number of carbonyl (C=O) groups excluding carboxylic acids is 3. The van der Waals surface area contributed by atoms with Crippen molar-refractivity contribution in [2.45, 2.75) is 31.3 Å². The third kappa shape index (κ3) is 3.64. The first-order valence-corrected chi connectivity index (χ1v) is 12.7. The summed E-state index contributed by atoms with van der Waals surface area (Å²) in [5.74, 6) is -2.41. The summed E-state index contributed by atoms with van der Waals surface area (Å²) in [6, 6.07) is 19.5. The van der Waals surface area contributed by atoms with Crippen molar-refractivity contribution in [2.24, 2.45) is 11.8 Å². The lowest BCUT2D eigenvalue weighted by Crippen LogP contribution is -2.53. The number of carbonyl (C=O) groups is 3. The van der Waals surface area contributed by atoms with E-state index in [-0.39, 0.29) is 30.0 Å². The molecule has 0 radical (unpaired) electrons. The van der Waals surface area contributed by atoms with Gasteiger partial charge >= 0.3 is 0 Å². The first-order valence-electron chi connectivity index (χ1n) is 12.4. The number of rotatable bonds is 5. The van der Waals surface area contributed by atoms with E-state index in [0.717, 1.165) is 16.7 Å². The zero-order valence-electron chi connectivity index (χ0n) is 20.2. The van der Waals surface area contributed by atoms with Gasteiger partial charge in [0.05, 0.1) is 11.8 Å². The fraction of sp³-hybridized carbons (Fsp3) is 0.276. The molecule has 3 aromatic carbocycles. The number of benzene rings is 3. The fourth-order valence-corrected chi connectivity index (χ4v) is 6.53. The number of phenolic OH excluding ortho intramolecular Hbond substituents is 1. The minimum absolute atomic E-state index is 0.144. The molecule has 3 aliphatic rings. The van der Waals surface area contributed by atoms with Gasteiger partial charge in [0.1, 0.15) is 11.3 Å². The number of imide groups is 1. The predicted octanol–water partition coefficient (Wildman–Crippen LogP) is 3.56. The second-order valence-corrected chi connectivity index (χ2v) is 10.5. The van der Waals surface area contributed by atoms with Crippen LogP contribution in [0.5, 0.6) is 5.75 Å². The molecule has 3 amide bonds. The molecule has 2 saturated heterocycles. The van der Waals surface area contributed by atoms with Crippen LogP contribution in [0.4, 0.5) is 5.69 Å². The molecule has 0 bridgehead atoms. The third-order valence-corrected chi connectivity index (χ3v) is 8.15. The van der Waals surface area contributed by atoms with Gasteiger partial charge < -0.3 is 10.4 Å². The Hall–Kier alpha value is -3.68. The van der Waals surface area contributed by atoms with Crippen LogP contribution in [0.2, 0.25) is 5.02 Å². The lowest BCUT2D eigenvalue weighted by Gasteiger charge is -2.30. The van der Waals surface area contributed by atoms with Gasteiger partial charge in [-0.25, -0.2) is 0 Å². The summed E-state index contributed by atoms with van der Waals surface area (Å²) >= 11 is 6.42. The molecule has 0 saturated carbocycles. The predicted molar refractivity (Wildman–Crippen MR) is 139 cm³/mol. The van der Waals surface area contributed by atoms with Gasteiger partial charge in [-0.3, -0.25) is 24.6 Å². The van der Waals surface area contributed by atoms with Crippen molar-refractivity contribution in [3.63, 3.8) is 0 Å². The Balaban J connectivity index is 1.42. The number of hydrogen-bond donors (Lipinski definition) is 3. The molecule has 4 atom stereocenters. The molecule has 8 heteroatoms. The van der Waals surface area contributed by atoms with Crippen LogP contribution in [-0.4, -0.2) is 40.3 Å². The van der Waals surface area contributed by atoms with E-state index in [1.54, 1.807) is 36.4 Å². The van der Waals surface area contributed by atoms with Crippen molar-refractivity contribution in [2.75, 3.05) is 11.9 Å². The summed E-state index contributed by atoms with van der Waals surface area (Å²) in [7, 11) is 0. The number of likely N-dealkylation sites (tertiary alicyclic amines) is 1. The fourth-order valence-electron chi connectivity index (χ4n) is 6.26. The number of nitrogens with zero attached hydrogens (tertiary/aromatic N) is 1. The van der Waals surface area contributed by atoms with Crippen LogP contribution in [0.15, 0.2) is 66.7 Å². The van der Waals surface area contributed by atoms with Crippen LogP contribution in [0.3, 0.4) is 0 Å².